The fraction of sp³-hybridized carbons (Fsp3) is 0.333. The van der Waals surface area contributed by atoms with Gasteiger partial charge in [0.15, 0.2) is 5.82 Å². The molecule has 0 bridgehead atoms. The van der Waals surface area contributed by atoms with Gasteiger partial charge in [0.25, 0.3) is 0 Å². The highest BCUT2D eigenvalue weighted by Crippen LogP contribution is 2.28. The summed E-state index contributed by atoms with van der Waals surface area (Å²) in [6.45, 7) is 2.02. The Labute approximate surface area is 102 Å². The summed E-state index contributed by atoms with van der Waals surface area (Å²) in [4.78, 5) is 3.75. The van der Waals surface area contributed by atoms with Gasteiger partial charge < -0.3 is 0 Å². The lowest BCUT2D eigenvalue weighted by Crippen LogP contribution is -2.07. The number of nitrogens with zero attached hydrogens (tertiary/aromatic N) is 3. The summed E-state index contributed by atoms with van der Waals surface area (Å²) in [6.07, 6.45) is -0.270. The van der Waals surface area contributed by atoms with E-state index in [1.807, 2.05) is 6.92 Å². The van der Waals surface area contributed by atoms with Gasteiger partial charge in [-0.05, 0) is 18.6 Å². The summed E-state index contributed by atoms with van der Waals surface area (Å²) in [5.41, 5.74) is 0.00960. The van der Waals surface area contributed by atoms with E-state index in [2.05, 4.69) is 16.1 Å². The Morgan fingerprint density at radius 3 is 2.67 bits per heavy atom. The highest BCUT2D eigenvalue weighted by Gasteiger charge is 2.30. The average Bonchev–Trinajstić information content (AvgIpc) is 2.77. The van der Waals surface area contributed by atoms with Gasteiger partial charge in [-0.15, -0.1) is 0 Å². The van der Waals surface area contributed by atoms with Crippen molar-refractivity contribution in [3.63, 3.8) is 0 Å². The Hall–Kier alpha value is -1.85. The Bertz CT molecular complexity index is 514. The molecule has 6 heteroatoms. The van der Waals surface area contributed by atoms with Crippen LogP contribution in [0.15, 0.2) is 24.5 Å². The Morgan fingerprint density at radius 1 is 1.33 bits per heavy atom. The number of hydrogen-bond donors (Lipinski definition) is 0. The topological polar surface area (TPSA) is 30.7 Å². The minimum atomic E-state index is -4.37. The van der Waals surface area contributed by atoms with Gasteiger partial charge in [0.2, 0.25) is 0 Å². The first kappa shape index (κ1) is 12.6. The van der Waals surface area contributed by atoms with Crippen LogP contribution in [0, 0.1) is 6.07 Å². The minimum absolute atomic E-state index is 0.349. The van der Waals surface area contributed by atoms with Gasteiger partial charge in [-0.1, -0.05) is 13.3 Å². The SMILES string of the molecule is CCCc1[c]cn(-c2ccc(C(F)(F)F)cn2)n1. The summed E-state index contributed by atoms with van der Waals surface area (Å²) in [7, 11) is 0. The van der Waals surface area contributed by atoms with E-state index in [1.54, 1.807) is 6.20 Å². The Kier molecular flexibility index (Phi) is 3.36. The molecule has 0 aromatic carbocycles. The van der Waals surface area contributed by atoms with E-state index in [4.69, 9.17) is 0 Å². The van der Waals surface area contributed by atoms with Gasteiger partial charge in [0, 0.05) is 18.5 Å². The van der Waals surface area contributed by atoms with E-state index in [-0.39, 0.29) is 0 Å². The van der Waals surface area contributed by atoms with Crippen LogP contribution in [-0.4, -0.2) is 14.8 Å². The number of halogens is 3. The van der Waals surface area contributed by atoms with Crippen LogP contribution in [-0.2, 0) is 12.6 Å². The lowest BCUT2D eigenvalue weighted by molar-refractivity contribution is -0.137. The molecule has 0 unspecified atom stereocenters. The fourth-order valence-corrected chi connectivity index (χ4v) is 1.49. The van der Waals surface area contributed by atoms with Gasteiger partial charge in [0.1, 0.15) is 0 Å². The van der Waals surface area contributed by atoms with Crippen molar-refractivity contribution in [2.24, 2.45) is 0 Å². The predicted molar refractivity (Wildman–Crippen MR) is 59.2 cm³/mol. The summed E-state index contributed by atoms with van der Waals surface area (Å²) in [5.74, 6) is 0.349. The van der Waals surface area contributed by atoms with E-state index in [1.165, 1.54) is 10.7 Å². The Balaban J connectivity index is 2.23. The maximum absolute atomic E-state index is 12.4. The first-order valence-electron chi connectivity index (χ1n) is 5.50. The molecule has 2 aromatic rings. The zero-order chi connectivity index (χ0) is 13.2. The van der Waals surface area contributed by atoms with Crippen LogP contribution in [0.5, 0.6) is 0 Å². The third-order valence-electron chi connectivity index (χ3n) is 2.38. The van der Waals surface area contributed by atoms with E-state index >= 15 is 0 Å². The predicted octanol–water partition coefficient (Wildman–Crippen LogP) is 3.04. The second-order valence-corrected chi connectivity index (χ2v) is 3.82. The molecule has 0 aliphatic carbocycles. The van der Waals surface area contributed by atoms with Crippen LogP contribution in [0.2, 0.25) is 0 Å². The van der Waals surface area contributed by atoms with E-state index < -0.39 is 11.7 Å². The van der Waals surface area contributed by atoms with Crippen molar-refractivity contribution >= 4 is 0 Å². The summed E-state index contributed by atoms with van der Waals surface area (Å²) in [5, 5.41) is 4.18. The third kappa shape index (κ3) is 2.69. The molecule has 0 spiro atoms. The van der Waals surface area contributed by atoms with Crippen LogP contribution in [0.25, 0.3) is 5.82 Å². The molecule has 0 saturated carbocycles. The molecule has 3 nitrogen and oxygen atoms in total. The number of alkyl halides is 3. The number of pyridine rings is 1. The van der Waals surface area contributed by atoms with E-state index in [9.17, 15) is 13.2 Å². The maximum Gasteiger partial charge on any atom is 0.417 e. The molecular weight excluding hydrogens is 243 g/mol. The summed E-state index contributed by atoms with van der Waals surface area (Å²) >= 11 is 0. The number of hydrogen-bond acceptors (Lipinski definition) is 2. The van der Waals surface area contributed by atoms with Gasteiger partial charge in [-0.2, -0.15) is 18.3 Å². The molecule has 0 amide bonds. The quantitative estimate of drug-likeness (QED) is 0.842. The fourth-order valence-electron chi connectivity index (χ4n) is 1.49. The third-order valence-corrected chi connectivity index (χ3v) is 2.38. The van der Waals surface area contributed by atoms with E-state index in [0.29, 0.717) is 5.82 Å². The molecule has 0 aliphatic rings. The van der Waals surface area contributed by atoms with E-state index in [0.717, 1.165) is 30.8 Å². The van der Waals surface area contributed by atoms with Crippen LogP contribution >= 0.6 is 0 Å². The molecule has 2 aromatic heterocycles. The zero-order valence-electron chi connectivity index (χ0n) is 9.70. The lowest BCUT2D eigenvalue weighted by atomic mass is 10.3. The summed E-state index contributed by atoms with van der Waals surface area (Å²) < 4.78 is 38.5. The maximum atomic E-state index is 12.4. The first-order chi connectivity index (χ1) is 8.50. The molecular formula is C12H11F3N3. The van der Waals surface area contributed by atoms with Crippen molar-refractivity contribution in [2.75, 3.05) is 0 Å². The molecule has 0 atom stereocenters. The molecule has 2 rings (SSSR count). The van der Waals surface area contributed by atoms with Crippen molar-refractivity contribution in [2.45, 2.75) is 25.9 Å². The number of aromatic nitrogens is 3. The van der Waals surface area contributed by atoms with Gasteiger partial charge in [-0.25, -0.2) is 9.67 Å². The molecule has 95 valence electrons. The second-order valence-electron chi connectivity index (χ2n) is 3.82. The van der Waals surface area contributed by atoms with Crippen molar-refractivity contribution in [3.8, 4) is 5.82 Å². The summed E-state index contributed by atoms with van der Waals surface area (Å²) in [6, 6.07) is 5.22. The van der Waals surface area contributed by atoms with Crippen molar-refractivity contribution in [1.82, 2.24) is 14.8 Å². The molecule has 0 fully saturated rings. The van der Waals surface area contributed by atoms with Crippen LogP contribution < -0.4 is 0 Å². The van der Waals surface area contributed by atoms with Crippen LogP contribution in [0.1, 0.15) is 24.6 Å². The van der Waals surface area contributed by atoms with Gasteiger partial charge in [-0.3, -0.25) is 0 Å². The van der Waals surface area contributed by atoms with Crippen LogP contribution in [0.4, 0.5) is 13.2 Å². The molecule has 2 heterocycles. The molecule has 1 radical (unpaired) electrons. The number of rotatable bonds is 3. The number of aryl methyl sites for hydroxylation is 1. The molecule has 0 N–H and O–H groups in total. The highest BCUT2D eigenvalue weighted by molar-refractivity contribution is 5.26. The van der Waals surface area contributed by atoms with Gasteiger partial charge in [0.05, 0.1) is 11.3 Å². The minimum Gasteiger partial charge on any atom is -0.237 e. The van der Waals surface area contributed by atoms with Crippen LogP contribution in [0.3, 0.4) is 0 Å². The standard InChI is InChI=1S/C12H11F3N3/c1-2-3-10-6-7-18(17-10)11-5-4-9(8-16-11)12(13,14)15/h4-5,7-8H,2-3H2,1H3. The lowest BCUT2D eigenvalue weighted by Gasteiger charge is -2.06. The largest absolute Gasteiger partial charge is 0.417 e. The first-order valence-corrected chi connectivity index (χ1v) is 5.50. The average molecular weight is 254 g/mol. The van der Waals surface area contributed by atoms with Crippen molar-refractivity contribution in [1.29, 1.82) is 0 Å². The second kappa shape index (κ2) is 4.80. The van der Waals surface area contributed by atoms with Gasteiger partial charge >= 0.3 is 6.18 Å². The monoisotopic (exact) mass is 254 g/mol. The Morgan fingerprint density at radius 2 is 2.11 bits per heavy atom. The zero-order valence-corrected chi connectivity index (χ0v) is 9.70. The highest BCUT2D eigenvalue weighted by atomic mass is 19.4. The normalized spacial score (nSPS) is 11.8. The molecule has 0 saturated heterocycles. The molecule has 18 heavy (non-hydrogen) atoms. The smallest absolute Gasteiger partial charge is 0.237 e. The van der Waals surface area contributed by atoms with Crippen molar-refractivity contribution in [3.05, 3.63) is 41.9 Å². The molecule has 0 aliphatic heterocycles. The van der Waals surface area contributed by atoms with Crippen molar-refractivity contribution < 1.29 is 13.2 Å².